The second kappa shape index (κ2) is 2.05. The summed E-state index contributed by atoms with van der Waals surface area (Å²) < 4.78 is 0. The summed E-state index contributed by atoms with van der Waals surface area (Å²) in [6, 6.07) is -0.630. The summed E-state index contributed by atoms with van der Waals surface area (Å²) in [4.78, 5) is 20.3. The highest BCUT2D eigenvalue weighted by Gasteiger charge is 2.22. The van der Waals surface area contributed by atoms with Gasteiger partial charge in [0.05, 0.1) is 0 Å². The third-order valence-corrected chi connectivity index (χ3v) is 1.16. The van der Waals surface area contributed by atoms with E-state index in [-0.39, 0.29) is 5.78 Å². The Labute approximate surface area is 47.1 Å². The molecule has 0 aromatic heterocycles. The third-order valence-electron chi connectivity index (χ3n) is 1.16. The van der Waals surface area contributed by atoms with Crippen molar-refractivity contribution < 1.29 is 9.59 Å². The second-order valence-corrected chi connectivity index (χ2v) is 1.72. The number of rotatable bonds is 1. The molecule has 1 aliphatic heterocycles. The second-order valence-electron chi connectivity index (χ2n) is 1.72. The first kappa shape index (κ1) is 5.44. The van der Waals surface area contributed by atoms with Gasteiger partial charge in [0.25, 0.3) is 0 Å². The topological polar surface area (TPSA) is 46.2 Å². The minimum atomic E-state index is -0.630. The standard InChI is InChI=1S/C5H6NO2/c7-3-4-5(8)1-2-6-4/h4,6H,1-2H2/t4-/m0/s1. The zero-order valence-electron chi connectivity index (χ0n) is 4.31. The fourth-order valence-corrected chi connectivity index (χ4v) is 0.705. The first-order valence-electron chi connectivity index (χ1n) is 2.48. The molecule has 0 aliphatic carbocycles. The molecular weight excluding hydrogens is 106 g/mol. The van der Waals surface area contributed by atoms with Crippen LogP contribution < -0.4 is 5.32 Å². The lowest BCUT2D eigenvalue weighted by molar-refractivity contribution is -0.117. The van der Waals surface area contributed by atoms with Gasteiger partial charge in [-0.3, -0.25) is 9.59 Å². The molecule has 1 radical (unpaired) electrons. The quantitative estimate of drug-likeness (QED) is 0.444. The minimum Gasteiger partial charge on any atom is -0.300 e. The predicted molar refractivity (Wildman–Crippen MR) is 27.1 cm³/mol. The highest BCUT2D eigenvalue weighted by Crippen LogP contribution is 1.95. The highest BCUT2D eigenvalue weighted by molar-refractivity contribution is 5.99. The Morgan fingerprint density at radius 3 is 2.75 bits per heavy atom. The van der Waals surface area contributed by atoms with E-state index in [1.807, 2.05) is 0 Å². The van der Waals surface area contributed by atoms with Crippen molar-refractivity contribution in [2.24, 2.45) is 0 Å². The van der Waals surface area contributed by atoms with Gasteiger partial charge in [-0.05, 0) is 0 Å². The maximum absolute atomic E-state index is 10.5. The fourth-order valence-electron chi connectivity index (χ4n) is 0.705. The van der Waals surface area contributed by atoms with Crippen LogP contribution in [0.1, 0.15) is 6.42 Å². The predicted octanol–water partition coefficient (Wildman–Crippen LogP) is -0.973. The van der Waals surface area contributed by atoms with E-state index < -0.39 is 6.04 Å². The van der Waals surface area contributed by atoms with Gasteiger partial charge in [0.2, 0.25) is 6.29 Å². The zero-order chi connectivity index (χ0) is 5.98. The number of Topliss-reactive ketones (excluding diaryl/α,β-unsaturated/α-hetero) is 1. The molecule has 1 fully saturated rings. The number of carbonyl (C=O) groups is 1. The van der Waals surface area contributed by atoms with Crippen LogP contribution in [0.5, 0.6) is 0 Å². The number of hydrogen-bond donors (Lipinski definition) is 1. The Morgan fingerprint density at radius 1 is 1.75 bits per heavy atom. The number of nitrogens with one attached hydrogen (secondary N) is 1. The summed E-state index contributed by atoms with van der Waals surface area (Å²) in [6.07, 6.45) is 2.08. The Hall–Kier alpha value is -0.700. The van der Waals surface area contributed by atoms with Crippen molar-refractivity contribution in [1.29, 1.82) is 0 Å². The normalized spacial score (nSPS) is 28.5. The fraction of sp³-hybridized carbons (Fsp3) is 0.600. The van der Waals surface area contributed by atoms with Crippen molar-refractivity contribution in [1.82, 2.24) is 5.32 Å². The first-order valence-corrected chi connectivity index (χ1v) is 2.48. The molecule has 43 valence electrons. The van der Waals surface area contributed by atoms with Crippen LogP contribution in [0.4, 0.5) is 0 Å². The molecule has 3 nitrogen and oxygen atoms in total. The Morgan fingerprint density at radius 2 is 2.50 bits per heavy atom. The van der Waals surface area contributed by atoms with E-state index in [1.165, 1.54) is 0 Å². The average Bonchev–Trinajstić information content (AvgIpc) is 2.14. The van der Waals surface area contributed by atoms with Crippen molar-refractivity contribution in [3.8, 4) is 0 Å². The Balaban J connectivity index is 2.54. The maximum atomic E-state index is 10.5. The molecule has 3 heteroatoms. The highest BCUT2D eigenvalue weighted by atomic mass is 16.1. The zero-order valence-corrected chi connectivity index (χ0v) is 4.31. The molecule has 1 aliphatic rings. The monoisotopic (exact) mass is 112 g/mol. The molecule has 0 spiro atoms. The number of hydrogen-bond acceptors (Lipinski definition) is 3. The summed E-state index contributed by atoms with van der Waals surface area (Å²) in [5.74, 6) is -0.0417. The molecule has 0 aromatic carbocycles. The molecule has 0 amide bonds. The van der Waals surface area contributed by atoms with E-state index in [2.05, 4.69) is 5.32 Å². The lowest BCUT2D eigenvalue weighted by Gasteiger charge is -1.91. The summed E-state index contributed by atoms with van der Waals surface area (Å²) in [6.45, 7) is 0.624. The van der Waals surface area contributed by atoms with Crippen LogP contribution in [0.3, 0.4) is 0 Å². The molecule has 8 heavy (non-hydrogen) atoms. The first-order chi connectivity index (χ1) is 3.84. The average molecular weight is 112 g/mol. The van der Waals surface area contributed by atoms with Gasteiger partial charge in [-0.1, -0.05) is 0 Å². The number of ketones is 1. The SMILES string of the molecule is O=[C][C@@H]1NCCC1=O. The van der Waals surface area contributed by atoms with Gasteiger partial charge in [-0.15, -0.1) is 0 Å². The summed E-state index contributed by atoms with van der Waals surface area (Å²) >= 11 is 0. The van der Waals surface area contributed by atoms with E-state index in [1.54, 1.807) is 6.29 Å². The van der Waals surface area contributed by atoms with E-state index >= 15 is 0 Å². The largest absolute Gasteiger partial charge is 0.300 e. The molecule has 1 heterocycles. The lowest BCUT2D eigenvalue weighted by atomic mass is 10.2. The van der Waals surface area contributed by atoms with Crippen molar-refractivity contribution in [3.63, 3.8) is 0 Å². The maximum Gasteiger partial charge on any atom is 0.224 e. The van der Waals surface area contributed by atoms with Crippen LogP contribution in [0.15, 0.2) is 0 Å². The van der Waals surface area contributed by atoms with Crippen LogP contribution in [0, 0.1) is 0 Å². The van der Waals surface area contributed by atoms with Crippen LogP contribution >= 0.6 is 0 Å². The molecular formula is C5H6NO2. The van der Waals surface area contributed by atoms with E-state index in [4.69, 9.17) is 0 Å². The van der Waals surface area contributed by atoms with E-state index in [0.717, 1.165) is 0 Å². The summed E-state index contributed by atoms with van der Waals surface area (Å²) in [5.41, 5.74) is 0. The molecule has 0 unspecified atom stereocenters. The molecule has 0 bridgehead atoms. The minimum absolute atomic E-state index is 0.0417. The lowest BCUT2D eigenvalue weighted by Crippen LogP contribution is -2.27. The van der Waals surface area contributed by atoms with Crippen molar-refractivity contribution in [2.75, 3.05) is 6.54 Å². The molecule has 1 atom stereocenters. The summed E-state index contributed by atoms with van der Waals surface area (Å²) in [7, 11) is 0. The van der Waals surface area contributed by atoms with E-state index in [0.29, 0.717) is 13.0 Å². The van der Waals surface area contributed by atoms with Crippen molar-refractivity contribution >= 4 is 12.1 Å². The van der Waals surface area contributed by atoms with E-state index in [9.17, 15) is 9.59 Å². The van der Waals surface area contributed by atoms with Gasteiger partial charge in [0.1, 0.15) is 6.04 Å². The summed E-state index contributed by atoms with van der Waals surface area (Å²) in [5, 5.41) is 2.68. The Kier molecular flexibility index (Phi) is 1.39. The van der Waals surface area contributed by atoms with Gasteiger partial charge < -0.3 is 5.32 Å². The molecule has 0 aromatic rings. The molecule has 1 N–H and O–H groups in total. The molecule has 1 saturated heterocycles. The third kappa shape index (κ3) is 0.767. The van der Waals surface area contributed by atoms with Crippen LogP contribution in [-0.4, -0.2) is 24.7 Å². The smallest absolute Gasteiger partial charge is 0.224 e. The van der Waals surface area contributed by atoms with Gasteiger partial charge in [-0.25, -0.2) is 0 Å². The van der Waals surface area contributed by atoms with Crippen LogP contribution in [-0.2, 0) is 9.59 Å². The van der Waals surface area contributed by atoms with Crippen molar-refractivity contribution in [3.05, 3.63) is 0 Å². The number of carbonyl (C=O) groups excluding carboxylic acids is 2. The molecule has 1 rings (SSSR count). The van der Waals surface area contributed by atoms with Gasteiger partial charge in [-0.2, -0.15) is 0 Å². The van der Waals surface area contributed by atoms with Gasteiger partial charge >= 0.3 is 0 Å². The van der Waals surface area contributed by atoms with Gasteiger partial charge in [0, 0.05) is 13.0 Å². The van der Waals surface area contributed by atoms with Crippen LogP contribution in [0.2, 0.25) is 0 Å². The van der Waals surface area contributed by atoms with Crippen molar-refractivity contribution in [2.45, 2.75) is 12.5 Å². The molecule has 0 saturated carbocycles. The van der Waals surface area contributed by atoms with Crippen LogP contribution in [0.25, 0.3) is 0 Å². The Bertz CT molecular complexity index is 122. The van der Waals surface area contributed by atoms with Gasteiger partial charge in [0.15, 0.2) is 5.78 Å².